The van der Waals surface area contributed by atoms with Crippen LogP contribution in [-0.4, -0.2) is 39.2 Å². The van der Waals surface area contributed by atoms with Gasteiger partial charge in [-0.2, -0.15) is 0 Å². The molecule has 0 aromatic rings. The van der Waals surface area contributed by atoms with Gasteiger partial charge in [-0.05, 0) is 39.5 Å². The fourth-order valence-electron chi connectivity index (χ4n) is 2.71. The first kappa shape index (κ1) is 19.4. The van der Waals surface area contributed by atoms with Gasteiger partial charge in [-0.25, -0.2) is 0 Å². The van der Waals surface area contributed by atoms with Gasteiger partial charge in [-0.15, -0.1) is 0 Å². The van der Waals surface area contributed by atoms with Crippen molar-refractivity contribution in [2.45, 2.75) is 39.5 Å². The van der Waals surface area contributed by atoms with Gasteiger partial charge in [-0.3, -0.25) is 4.79 Å². The number of carbonyl (C=O) groups is 2. The second-order valence-corrected chi connectivity index (χ2v) is 6.78. The number of esters is 1. The first-order valence-corrected chi connectivity index (χ1v) is 8.29. The zero-order valence-corrected chi connectivity index (χ0v) is 14.7. The number of rotatable bonds is 7. The Balaban J connectivity index is 2.70. The Morgan fingerprint density at radius 1 is 1.30 bits per heavy atom. The molecule has 1 rings (SSSR count). The normalized spacial score (nSPS) is 22.9. The number of aliphatic carboxylic acids is 1. The van der Waals surface area contributed by atoms with Gasteiger partial charge < -0.3 is 19.5 Å². The Morgan fingerprint density at radius 2 is 2.00 bits per heavy atom. The highest BCUT2D eigenvalue weighted by Gasteiger charge is 2.34. The van der Waals surface area contributed by atoms with Gasteiger partial charge in [0, 0.05) is 11.9 Å². The molecule has 0 unspecified atom stereocenters. The fraction of sp³-hybridized carbons (Fsp3) is 0.667. The van der Waals surface area contributed by atoms with Gasteiger partial charge in [-0.1, -0.05) is 23.3 Å². The molecule has 0 bridgehead atoms. The van der Waals surface area contributed by atoms with E-state index in [2.05, 4.69) is 12.2 Å². The van der Waals surface area contributed by atoms with E-state index in [0.717, 1.165) is 12.0 Å². The molecule has 1 N–H and O–H groups in total. The molecule has 0 radical (unpaired) electrons. The van der Waals surface area contributed by atoms with E-state index < -0.39 is 23.8 Å². The van der Waals surface area contributed by atoms with Gasteiger partial charge in [0.05, 0.1) is 20.0 Å². The lowest BCUT2D eigenvalue weighted by Gasteiger charge is -2.32. The summed E-state index contributed by atoms with van der Waals surface area (Å²) in [5.41, 5.74) is 2.38. The molecule has 0 heterocycles. The van der Waals surface area contributed by atoms with Crippen molar-refractivity contribution in [3.8, 4) is 0 Å². The highest BCUT2D eigenvalue weighted by molar-refractivity contribution is 5.81. The van der Waals surface area contributed by atoms with Crippen LogP contribution in [0.5, 0.6) is 0 Å². The lowest BCUT2D eigenvalue weighted by atomic mass is 9.76. The summed E-state index contributed by atoms with van der Waals surface area (Å²) in [6.45, 7) is 5.10. The summed E-state index contributed by atoms with van der Waals surface area (Å²) in [5.74, 6) is -2.92. The number of quaternary nitrogens is 1. The Morgan fingerprint density at radius 3 is 2.57 bits per heavy atom. The van der Waals surface area contributed by atoms with Crippen molar-refractivity contribution in [2.24, 2.45) is 11.8 Å². The molecule has 1 saturated carbocycles. The molecular formula is C18H29NO4. The van der Waals surface area contributed by atoms with Crippen molar-refractivity contribution >= 4 is 11.9 Å². The summed E-state index contributed by atoms with van der Waals surface area (Å²) in [5, 5.41) is 11.3. The highest BCUT2D eigenvalue weighted by atomic mass is 16.5. The molecule has 1 aliphatic rings. The van der Waals surface area contributed by atoms with Crippen LogP contribution in [0, 0.1) is 11.8 Å². The van der Waals surface area contributed by atoms with Crippen molar-refractivity contribution in [1.82, 2.24) is 0 Å². The predicted octanol–water partition coefficient (Wildman–Crippen LogP) is 0.123. The Hall–Kier alpha value is -1.62. The van der Waals surface area contributed by atoms with Crippen LogP contribution >= 0.6 is 0 Å². The number of ether oxygens (including phenoxy) is 1. The zero-order chi connectivity index (χ0) is 17.4. The average Bonchev–Trinajstić information content (AvgIpc) is 2.46. The van der Waals surface area contributed by atoms with E-state index in [1.807, 2.05) is 27.9 Å². The van der Waals surface area contributed by atoms with Crippen LogP contribution in [0.15, 0.2) is 23.3 Å². The summed E-state index contributed by atoms with van der Waals surface area (Å²) in [6.07, 6.45) is 6.65. The molecule has 0 aromatic carbocycles. The third-order valence-corrected chi connectivity index (χ3v) is 4.13. The predicted molar refractivity (Wildman–Crippen MR) is 86.6 cm³/mol. The minimum Gasteiger partial charge on any atom is -0.550 e. The smallest absolute Gasteiger partial charge is 0.310 e. The lowest BCUT2D eigenvalue weighted by molar-refractivity contribution is -0.858. The largest absolute Gasteiger partial charge is 0.550 e. The minimum absolute atomic E-state index is 0.314. The lowest BCUT2D eigenvalue weighted by Crippen LogP contribution is -3.06. The van der Waals surface area contributed by atoms with Crippen LogP contribution < -0.4 is 10.0 Å². The highest BCUT2D eigenvalue weighted by Crippen LogP contribution is 2.34. The molecule has 0 spiro atoms. The van der Waals surface area contributed by atoms with E-state index in [1.165, 1.54) is 10.5 Å². The summed E-state index contributed by atoms with van der Waals surface area (Å²) >= 11 is 0. The van der Waals surface area contributed by atoms with Crippen LogP contribution in [0.1, 0.15) is 39.5 Å². The minimum atomic E-state index is -1.14. The second-order valence-electron chi connectivity index (χ2n) is 6.78. The number of carboxylic acid groups (broad SMARTS) is 1. The standard InChI is InChI=1S/C18H29NO4/c1-13(2)6-5-7-14-8-9-15(17(20)21)16(12-14)18(22)23-11-10-19(3)4/h6-7,15-16H,5,8-12H2,1-4H3,(H,20,21)/b14-7-/t15-,16-/m0/s1. The Labute approximate surface area is 139 Å². The zero-order valence-electron chi connectivity index (χ0n) is 14.7. The van der Waals surface area contributed by atoms with E-state index in [9.17, 15) is 14.7 Å². The van der Waals surface area contributed by atoms with Crippen LogP contribution in [-0.2, 0) is 14.3 Å². The van der Waals surface area contributed by atoms with E-state index >= 15 is 0 Å². The van der Waals surface area contributed by atoms with Gasteiger partial charge in [0.2, 0.25) is 0 Å². The molecule has 0 amide bonds. The first-order valence-electron chi connectivity index (χ1n) is 8.29. The van der Waals surface area contributed by atoms with Gasteiger partial charge in [0.1, 0.15) is 13.2 Å². The van der Waals surface area contributed by atoms with E-state index in [1.54, 1.807) is 0 Å². The number of hydrogen-bond acceptors (Lipinski definition) is 4. The summed E-state index contributed by atoms with van der Waals surface area (Å²) in [7, 11) is 3.95. The molecule has 130 valence electrons. The third-order valence-electron chi connectivity index (χ3n) is 4.13. The van der Waals surface area contributed by atoms with Crippen LogP contribution in [0.3, 0.4) is 0 Å². The molecule has 0 aromatic heterocycles. The average molecular weight is 323 g/mol. The molecule has 1 fully saturated rings. The van der Waals surface area contributed by atoms with Crippen molar-refractivity contribution in [3.63, 3.8) is 0 Å². The fourth-order valence-corrected chi connectivity index (χ4v) is 2.71. The molecule has 2 atom stereocenters. The Bertz CT molecular complexity index is 475. The SMILES string of the molecule is CC(C)=CC/C=C1/CC[C@H](C(=O)[O-])[C@@H](C(=O)OCC[NH+](C)C)C1. The maximum absolute atomic E-state index is 12.3. The van der Waals surface area contributed by atoms with Gasteiger partial charge in [0.15, 0.2) is 0 Å². The van der Waals surface area contributed by atoms with E-state index in [0.29, 0.717) is 32.4 Å². The van der Waals surface area contributed by atoms with Crippen molar-refractivity contribution in [1.29, 1.82) is 0 Å². The van der Waals surface area contributed by atoms with Crippen molar-refractivity contribution < 1.29 is 24.3 Å². The van der Waals surface area contributed by atoms with Crippen LogP contribution in [0.4, 0.5) is 0 Å². The number of carbonyl (C=O) groups excluding carboxylic acids is 2. The Kier molecular flexibility index (Phi) is 8.03. The molecule has 5 heteroatoms. The third kappa shape index (κ3) is 6.99. The van der Waals surface area contributed by atoms with Gasteiger partial charge >= 0.3 is 5.97 Å². The quantitative estimate of drug-likeness (QED) is 0.534. The number of likely N-dealkylation sites (N-methyl/N-ethyl adjacent to an activating group) is 1. The first-order chi connectivity index (χ1) is 10.8. The van der Waals surface area contributed by atoms with Gasteiger partial charge in [0.25, 0.3) is 0 Å². The molecular weight excluding hydrogens is 294 g/mol. The van der Waals surface area contributed by atoms with Crippen LogP contribution in [0.25, 0.3) is 0 Å². The summed E-state index contributed by atoms with van der Waals surface area (Å²) in [6, 6.07) is 0. The summed E-state index contributed by atoms with van der Waals surface area (Å²) in [4.78, 5) is 24.8. The molecule has 5 nitrogen and oxygen atoms in total. The monoisotopic (exact) mass is 323 g/mol. The second kappa shape index (κ2) is 9.50. The molecule has 1 aliphatic carbocycles. The van der Waals surface area contributed by atoms with Crippen LogP contribution in [0.2, 0.25) is 0 Å². The topological polar surface area (TPSA) is 70.9 Å². The van der Waals surface area contributed by atoms with E-state index in [4.69, 9.17) is 4.74 Å². The number of hydrogen-bond donors (Lipinski definition) is 1. The molecule has 23 heavy (non-hydrogen) atoms. The van der Waals surface area contributed by atoms with Crippen molar-refractivity contribution in [3.05, 3.63) is 23.3 Å². The molecule has 0 saturated heterocycles. The maximum atomic E-state index is 12.3. The molecule has 0 aliphatic heterocycles. The number of allylic oxidation sites excluding steroid dienone is 4. The summed E-state index contributed by atoms with van der Waals surface area (Å²) < 4.78 is 5.27. The van der Waals surface area contributed by atoms with E-state index in [-0.39, 0.29) is 0 Å². The number of nitrogens with one attached hydrogen (secondary N) is 1. The van der Waals surface area contributed by atoms with Crippen molar-refractivity contribution in [2.75, 3.05) is 27.2 Å². The number of carboxylic acids is 1. The maximum Gasteiger partial charge on any atom is 0.310 e.